The van der Waals surface area contributed by atoms with Crippen molar-refractivity contribution in [2.24, 2.45) is 0 Å². The topological polar surface area (TPSA) is 52.7 Å². The number of amides is 2. The molecule has 164 valence electrons. The molecule has 3 aromatic rings. The Kier molecular flexibility index (Phi) is 7.23. The van der Waals surface area contributed by atoms with Gasteiger partial charge in [-0.25, -0.2) is 0 Å². The second kappa shape index (κ2) is 10.1. The first-order chi connectivity index (χ1) is 15.4. The number of hydrogen-bond donors (Lipinski definition) is 1. The summed E-state index contributed by atoms with van der Waals surface area (Å²) in [6.45, 7) is 2.60. The maximum Gasteiger partial charge on any atom is 0.257 e. The van der Waals surface area contributed by atoms with Gasteiger partial charge in [0.2, 0.25) is 0 Å². The third-order valence-electron chi connectivity index (χ3n) is 5.31. The number of anilines is 2. The Balaban J connectivity index is 1.40. The second-order valence-electron chi connectivity index (χ2n) is 7.39. The van der Waals surface area contributed by atoms with Crippen LogP contribution in [0.4, 0.5) is 11.4 Å². The fourth-order valence-electron chi connectivity index (χ4n) is 3.62. The number of nitrogens with one attached hydrogen (secondary N) is 1. The maximum atomic E-state index is 12.7. The molecule has 5 nitrogen and oxygen atoms in total. The lowest BCUT2D eigenvalue weighted by Gasteiger charge is -2.36. The van der Waals surface area contributed by atoms with E-state index < -0.39 is 0 Å². The number of benzene rings is 3. The second-order valence-corrected chi connectivity index (χ2v) is 9.45. The number of rotatable bonds is 4. The molecule has 1 fully saturated rings. The lowest BCUT2D eigenvalue weighted by Crippen LogP contribution is -2.48. The lowest BCUT2D eigenvalue weighted by molar-refractivity contribution is 0.0746. The molecule has 0 atom stereocenters. The van der Waals surface area contributed by atoms with E-state index in [-0.39, 0.29) is 11.8 Å². The largest absolute Gasteiger partial charge is 0.367 e. The van der Waals surface area contributed by atoms with Crippen molar-refractivity contribution in [2.75, 3.05) is 36.4 Å². The van der Waals surface area contributed by atoms with Crippen LogP contribution in [0.2, 0.25) is 10.0 Å². The minimum absolute atomic E-state index is 0.0450. The molecule has 0 aromatic heterocycles. The maximum absolute atomic E-state index is 12.7. The molecular formula is C24H20Cl2IN3O2. The van der Waals surface area contributed by atoms with Crippen LogP contribution in [0.15, 0.2) is 66.7 Å². The third kappa shape index (κ3) is 5.19. The molecule has 0 bridgehead atoms. The molecule has 1 N–H and O–H groups in total. The first-order valence-corrected chi connectivity index (χ1v) is 11.9. The molecule has 0 radical (unpaired) electrons. The van der Waals surface area contributed by atoms with E-state index >= 15 is 0 Å². The summed E-state index contributed by atoms with van der Waals surface area (Å²) < 4.78 is 0.926. The van der Waals surface area contributed by atoms with Crippen molar-refractivity contribution in [2.45, 2.75) is 0 Å². The molecule has 1 aliphatic rings. The van der Waals surface area contributed by atoms with E-state index in [0.717, 1.165) is 9.26 Å². The van der Waals surface area contributed by atoms with Gasteiger partial charge in [0.15, 0.2) is 0 Å². The van der Waals surface area contributed by atoms with Crippen molar-refractivity contribution in [3.63, 3.8) is 0 Å². The van der Waals surface area contributed by atoms with Gasteiger partial charge in [-0.3, -0.25) is 9.59 Å². The highest BCUT2D eigenvalue weighted by Gasteiger charge is 2.23. The molecule has 1 heterocycles. The van der Waals surface area contributed by atoms with Crippen LogP contribution in [0.25, 0.3) is 0 Å². The van der Waals surface area contributed by atoms with Crippen molar-refractivity contribution in [3.8, 4) is 0 Å². The van der Waals surface area contributed by atoms with Crippen LogP contribution >= 0.6 is 45.8 Å². The van der Waals surface area contributed by atoms with Gasteiger partial charge in [-0.05, 0) is 71.1 Å². The quantitative estimate of drug-likeness (QED) is 0.397. The number of piperazine rings is 1. The van der Waals surface area contributed by atoms with Crippen molar-refractivity contribution in [1.29, 1.82) is 0 Å². The normalized spacial score (nSPS) is 13.7. The molecule has 2 amide bonds. The molecule has 0 unspecified atom stereocenters. The van der Waals surface area contributed by atoms with E-state index in [1.165, 1.54) is 0 Å². The number of nitrogens with zero attached hydrogens (tertiary/aromatic N) is 2. The SMILES string of the molecule is O=C(Nc1ccc(N2CCN(C(=O)c3ccccc3)CC2)c(Cl)c1)c1cc(I)ccc1Cl. The molecule has 0 spiro atoms. The Morgan fingerprint density at radius 1 is 0.844 bits per heavy atom. The van der Waals surface area contributed by atoms with E-state index in [9.17, 15) is 9.59 Å². The zero-order chi connectivity index (χ0) is 22.7. The van der Waals surface area contributed by atoms with Crippen LogP contribution in [-0.2, 0) is 0 Å². The van der Waals surface area contributed by atoms with Crippen molar-refractivity contribution in [1.82, 2.24) is 4.90 Å². The predicted molar refractivity (Wildman–Crippen MR) is 138 cm³/mol. The first-order valence-electron chi connectivity index (χ1n) is 10.1. The molecule has 0 aliphatic carbocycles. The molecule has 1 aliphatic heterocycles. The van der Waals surface area contributed by atoms with Gasteiger partial charge in [0.05, 0.1) is 21.3 Å². The molecule has 32 heavy (non-hydrogen) atoms. The van der Waals surface area contributed by atoms with Gasteiger partial charge in [0, 0.05) is 41.0 Å². The van der Waals surface area contributed by atoms with Crippen LogP contribution in [0.1, 0.15) is 20.7 Å². The highest BCUT2D eigenvalue weighted by atomic mass is 127. The summed E-state index contributed by atoms with van der Waals surface area (Å²) in [6.07, 6.45) is 0. The van der Waals surface area contributed by atoms with Gasteiger partial charge in [-0.1, -0.05) is 41.4 Å². The number of carbonyl (C=O) groups is 2. The first kappa shape index (κ1) is 22.9. The molecular weight excluding hydrogens is 560 g/mol. The summed E-state index contributed by atoms with van der Waals surface area (Å²) in [7, 11) is 0. The van der Waals surface area contributed by atoms with E-state index in [4.69, 9.17) is 23.2 Å². The lowest BCUT2D eigenvalue weighted by atomic mass is 10.1. The predicted octanol–water partition coefficient (Wildman–Crippen LogP) is 5.81. The highest BCUT2D eigenvalue weighted by molar-refractivity contribution is 14.1. The van der Waals surface area contributed by atoms with Crippen LogP contribution in [0.3, 0.4) is 0 Å². The van der Waals surface area contributed by atoms with Gasteiger partial charge >= 0.3 is 0 Å². The van der Waals surface area contributed by atoms with E-state index in [1.807, 2.05) is 53.4 Å². The summed E-state index contributed by atoms with van der Waals surface area (Å²) in [5.41, 5.74) is 2.59. The van der Waals surface area contributed by atoms with Crippen molar-refractivity contribution >= 4 is 69.0 Å². The summed E-state index contributed by atoms with van der Waals surface area (Å²) >= 11 is 14.8. The van der Waals surface area contributed by atoms with Crippen molar-refractivity contribution in [3.05, 3.63) is 91.5 Å². The molecule has 4 rings (SSSR count). The third-order valence-corrected chi connectivity index (χ3v) is 6.61. The van der Waals surface area contributed by atoms with E-state index in [2.05, 4.69) is 32.8 Å². The zero-order valence-corrected chi connectivity index (χ0v) is 20.7. The Morgan fingerprint density at radius 3 is 2.25 bits per heavy atom. The molecule has 3 aromatic carbocycles. The molecule has 1 saturated heterocycles. The van der Waals surface area contributed by atoms with Crippen LogP contribution < -0.4 is 10.2 Å². The minimum Gasteiger partial charge on any atom is -0.367 e. The fraction of sp³-hybridized carbons (Fsp3) is 0.167. The van der Waals surface area contributed by atoms with Crippen molar-refractivity contribution < 1.29 is 9.59 Å². The number of carbonyl (C=O) groups excluding carboxylic acids is 2. The summed E-state index contributed by atoms with van der Waals surface area (Å²) in [6, 6.07) is 20.1. The van der Waals surface area contributed by atoms with Crippen LogP contribution in [0, 0.1) is 3.57 Å². The van der Waals surface area contributed by atoms with Crippen LogP contribution in [-0.4, -0.2) is 42.9 Å². The van der Waals surface area contributed by atoms with Gasteiger partial charge in [-0.15, -0.1) is 0 Å². The van der Waals surface area contributed by atoms with E-state index in [1.54, 1.807) is 18.2 Å². The summed E-state index contributed by atoms with van der Waals surface area (Å²) in [5, 5.41) is 3.79. The van der Waals surface area contributed by atoms with Gasteiger partial charge in [0.1, 0.15) is 0 Å². The average Bonchev–Trinajstić information content (AvgIpc) is 2.81. The van der Waals surface area contributed by atoms with Gasteiger partial charge < -0.3 is 15.1 Å². The Hall–Kier alpha value is -2.29. The summed E-state index contributed by atoms with van der Waals surface area (Å²) in [4.78, 5) is 29.3. The van der Waals surface area contributed by atoms with Crippen LogP contribution in [0.5, 0.6) is 0 Å². The highest BCUT2D eigenvalue weighted by Crippen LogP contribution is 2.30. The summed E-state index contributed by atoms with van der Waals surface area (Å²) in [5.74, 6) is -0.242. The Bertz CT molecular complexity index is 1150. The zero-order valence-electron chi connectivity index (χ0n) is 17.0. The number of halogens is 3. The standard InChI is InChI=1S/C24H20Cl2IN3O2/c25-20-8-6-17(27)14-19(20)23(31)28-18-7-9-22(21(26)15-18)29-10-12-30(13-11-29)24(32)16-4-2-1-3-5-16/h1-9,14-15H,10-13H2,(H,28,31). The Labute approximate surface area is 210 Å². The monoisotopic (exact) mass is 579 g/mol. The average molecular weight is 580 g/mol. The minimum atomic E-state index is -0.287. The smallest absolute Gasteiger partial charge is 0.257 e. The Morgan fingerprint density at radius 2 is 1.56 bits per heavy atom. The fourth-order valence-corrected chi connectivity index (χ4v) is 4.62. The van der Waals surface area contributed by atoms with Gasteiger partial charge in [-0.2, -0.15) is 0 Å². The molecule has 0 saturated carbocycles. The van der Waals surface area contributed by atoms with Gasteiger partial charge in [0.25, 0.3) is 11.8 Å². The van der Waals surface area contributed by atoms with E-state index in [0.29, 0.717) is 53.0 Å². The number of hydrogen-bond acceptors (Lipinski definition) is 3. The molecule has 8 heteroatoms.